The van der Waals surface area contributed by atoms with Gasteiger partial charge in [-0.3, -0.25) is 0 Å². The Morgan fingerprint density at radius 3 is 1.58 bits per heavy atom. The third-order valence-corrected chi connectivity index (χ3v) is 4.75. The highest BCUT2D eigenvalue weighted by atomic mass is 16.2. The number of carbonyl (C=O) groups excluding carboxylic acids is 2. The molecule has 0 saturated heterocycles. The maximum Gasteiger partial charge on any atom is 0.319 e. The molecule has 0 bridgehead atoms. The molecule has 1 aromatic heterocycles. The number of H-pyrrole nitrogens is 1. The fourth-order valence-electron chi connectivity index (χ4n) is 3.16. The topological polar surface area (TPSA) is 98.1 Å². The van der Waals surface area contributed by atoms with Crippen molar-refractivity contribution < 1.29 is 16.7 Å². The number of hydrogen-bond donors (Lipinski definition) is 5. The zero-order valence-corrected chi connectivity index (χ0v) is 19.0. The Bertz CT molecular complexity index is 939. The van der Waals surface area contributed by atoms with Crippen LogP contribution in [0.5, 0.6) is 0 Å². The number of unbranched alkanes of at least 4 members (excludes halogenated alkanes) is 2. The monoisotopic (exact) mass is 435 g/mol. The Labute approximate surface area is 191 Å². The summed E-state index contributed by atoms with van der Waals surface area (Å²) in [4.78, 5) is 27.4. The summed E-state index contributed by atoms with van der Waals surface area (Å²) in [6.45, 7) is 9.49. The molecule has 31 heavy (non-hydrogen) atoms. The van der Waals surface area contributed by atoms with Gasteiger partial charge >= 0.3 is 12.1 Å². The van der Waals surface area contributed by atoms with E-state index in [1.165, 1.54) is 0 Å². The van der Waals surface area contributed by atoms with Gasteiger partial charge in [-0.2, -0.15) is 0 Å². The summed E-state index contributed by atoms with van der Waals surface area (Å²) in [5, 5.41) is 13.4. The van der Waals surface area contributed by atoms with Crippen molar-refractivity contribution >= 4 is 45.2 Å². The smallest absolute Gasteiger partial charge is 0.319 e. The first-order valence-corrected chi connectivity index (χ1v) is 11.3. The zero-order chi connectivity index (χ0) is 22.6. The molecule has 2 aromatic carbocycles. The van der Waals surface area contributed by atoms with E-state index in [1.807, 2.05) is 50.2 Å². The van der Waals surface area contributed by atoms with Crippen LogP contribution in [0.15, 0.2) is 36.4 Å². The molecule has 0 aliphatic carbocycles. The van der Waals surface area contributed by atoms with Gasteiger partial charge in [-0.05, 0) is 49.2 Å². The lowest BCUT2D eigenvalue weighted by Crippen LogP contribution is -2.29. The summed E-state index contributed by atoms with van der Waals surface area (Å²) in [6.07, 6.45) is 3.98. The molecule has 0 unspecified atom stereocenters. The molecule has 0 saturated carbocycles. The molecule has 0 radical (unpaired) electrons. The van der Waals surface area contributed by atoms with Crippen LogP contribution >= 0.6 is 0 Å². The van der Waals surface area contributed by atoms with E-state index in [2.05, 4.69) is 40.1 Å². The highest BCUT2D eigenvalue weighted by Crippen LogP contribution is 2.30. The van der Waals surface area contributed by atoms with E-state index in [-0.39, 0.29) is 19.2 Å². The number of amides is 4. The van der Waals surface area contributed by atoms with Gasteiger partial charge in [-0.25, -0.2) is 9.59 Å². The van der Waals surface area contributed by atoms with Crippen molar-refractivity contribution in [1.29, 1.82) is 0 Å². The number of nitrogens with one attached hydrogen (secondary N) is 5. The molecule has 0 fully saturated rings. The van der Waals surface area contributed by atoms with Gasteiger partial charge in [0.15, 0.2) is 0 Å². The van der Waals surface area contributed by atoms with E-state index >= 15 is 0 Å². The van der Waals surface area contributed by atoms with Crippen LogP contribution in [0.1, 0.15) is 60.5 Å². The highest BCUT2D eigenvalue weighted by Gasteiger charge is 2.09. The maximum atomic E-state index is 12.0. The highest BCUT2D eigenvalue weighted by molar-refractivity contribution is 6.10. The number of aromatic nitrogens is 1. The van der Waals surface area contributed by atoms with Gasteiger partial charge in [0.2, 0.25) is 0 Å². The average Bonchev–Trinajstić information content (AvgIpc) is 3.13. The number of urea groups is 2. The van der Waals surface area contributed by atoms with Crippen LogP contribution in [0.25, 0.3) is 21.8 Å². The molecule has 5 N–H and O–H groups in total. The van der Waals surface area contributed by atoms with Crippen LogP contribution in [-0.2, 0) is 0 Å². The Morgan fingerprint density at radius 1 is 0.774 bits per heavy atom. The van der Waals surface area contributed by atoms with Crippen molar-refractivity contribution in [2.75, 3.05) is 23.7 Å². The van der Waals surface area contributed by atoms with Gasteiger partial charge in [0.05, 0.1) is 0 Å². The van der Waals surface area contributed by atoms with E-state index in [1.54, 1.807) is 0 Å². The predicted molar refractivity (Wildman–Crippen MR) is 142 cm³/mol. The Kier molecular flexibility index (Phi) is 9.68. The molecule has 0 aliphatic heterocycles. The van der Waals surface area contributed by atoms with E-state index in [0.717, 1.165) is 58.9 Å². The summed E-state index contributed by atoms with van der Waals surface area (Å²) < 4.78 is 0. The fraction of sp³-hybridized carbons (Fsp3) is 0.417. The zero-order valence-electron chi connectivity index (χ0n) is 19.0. The molecule has 0 spiro atoms. The van der Waals surface area contributed by atoms with Gasteiger partial charge in [-0.15, -0.1) is 0 Å². The van der Waals surface area contributed by atoms with E-state index in [4.69, 9.17) is 0 Å². The number of fused-ring (bicyclic) bond motifs is 3. The lowest BCUT2D eigenvalue weighted by molar-refractivity contribution is 0.251. The second kappa shape index (κ2) is 12.5. The molecular formula is C24H45N5O2. The molecule has 7 heteroatoms. The minimum absolute atomic E-state index is 0. The van der Waals surface area contributed by atoms with Crippen molar-refractivity contribution in [3.05, 3.63) is 36.4 Å². The third kappa shape index (κ3) is 6.91. The van der Waals surface area contributed by atoms with Crippen molar-refractivity contribution in [3.63, 3.8) is 0 Å². The van der Waals surface area contributed by atoms with Crippen LogP contribution in [0.4, 0.5) is 21.0 Å². The molecule has 4 amide bonds. The average molecular weight is 436 g/mol. The third-order valence-electron chi connectivity index (χ3n) is 4.75. The first-order valence-electron chi connectivity index (χ1n) is 11.3. The SMILES string of the molecule is CC.CCCCNC(=O)Nc1ccc2[nH]c3ccc(NC(=O)NCCCC)cc3c2c1.[HH].[HH].[HH].[HH].[HH]. The molecule has 3 aromatic rings. The summed E-state index contributed by atoms with van der Waals surface area (Å²) in [6, 6.07) is 11.1. The van der Waals surface area contributed by atoms with Gasteiger partial charge < -0.3 is 26.3 Å². The first kappa shape index (κ1) is 24.1. The van der Waals surface area contributed by atoms with Gasteiger partial charge in [0.1, 0.15) is 0 Å². The van der Waals surface area contributed by atoms with Crippen LogP contribution in [0.2, 0.25) is 0 Å². The van der Waals surface area contributed by atoms with Gasteiger partial charge in [0.25, 0.3) is 0 Å². The minimum Gasteiger partial charge on any atom is -0.355 e. The number of carbonyl (C=O) groups is 2. The summed E-state index contributed by atoms with van der Waals surface area (Å²) >= 11 is 0. The second-order valence-corrected chi connectivity index (χ2v) is 7.11. The minimum atomic E-state index is -0.205. The quantitative estimate of drug-likeness (QED) is 0.238. The maximum absolute atomic E-state index is 12.0. The molecule has 0 aliphatic rings. The van der Waals surface area contributed by atoms with Crippen molar-refractivity contribution in [3.8, 4) is 0 Å². The predicted octanol–water partition coefficient (Wildman–Crippen LogP) is 7.42. The number of benzene rings is 2. The summed E-state index contributed by atoms with van der Waals surface area (Å²) in [5.41, 5.74) is 3.40. The molecule has 1 heterocycles. The fourth-order valence-corrected chi connectivity index (χ4v) is 3.16. The first-order chi connectivity index (χ1) is 15.1. The van der Waals surface area contributed by atoms with Crippen LogP contribution in [0.3, 0.4) is 0 Å². The van der Waals surface area contributed by atoms with Crippen LogP contribution in [0, 0.1) is 0 Å². The molecule has 7 nitrogen and oxygen atoms in total. The lowest BCUT2D eigenvalue weighted by Gasteiger charge is -2.08. The van der Waals surface area contributed by atoms with Gasteiger partial charge in [-0.1, -0.05) is 40.5 Å². The van der Waals surface area contributed by atoms with Crippen molar-refractivity contribution in [2.45, 2.75) is 53.4 Å². The number of anilines is 2. The molecule has 3 rings (SSSR count). The normalized spacial score (nSPS) is 10.3. The number of rotatable bonds is 8. The van der Waals surface area contributed by atoms with E-state index in [0.29, 0.717) is 13.1 Å². The standard InChI is InChI=1S/C22H29N5O2.C2H6.5H2/c1-3-5-11-23-21(28)25-15-7-9-19-17(13-15)18-14-16(8-10-20(18)27-19)26-22(29)24-12-6-4-2;1-2;;;;;/h7-10,13-14,27H,3-6,11-12H2,1-2H3,(H2,23,25,28)(H2,24,26,29);1-2H3;5*1H. The molecular weight excluding hydrogens is 390 g/mol. The van der Waals surface area contributed by atoms with E-state index in [9.17, 15) is 9.59 Å². The molecule has 0 atom stereocenters. The second-order valence-electron chi connectivity index (χ2n) is 7.11. The van der Waals surface area contributed by atoms with Crippen LogP contribution in [-0.4, -0.2) is 30.1 Å². The largest absolute Gasteiger partial charge is 0.355 e. The van der Waals surface area contributed by atoms with Gasteiger partial charge in [0, 0.05) is 53.4 Å². The summed E-state index contributed by atoms with van der Waals surface area (Å²) in [7, 11) is 0. The Morgan fingerprint density at radius 2 is 1.19 bits per heavy atom. The Balaban J connectivity index is -0.000000713. The van der Waals surface area contributed by atoms with Crippen molar-refractivity contribution in [1.82, 2.24) is 15.6 Å². The van der Waals surface area contributed by atoms with E-state index < -0.39 is 0 Å². The lowest BCUT2D eigenvalue weighted by atomic mass is 10.1. The van der Waals surface area contributed by atoms with Crippen LogP contribution < -0.4 is 21.3 Å². The molecule has 178 valence electrons. The Hall–Kier alpha value is -3.22. The summed E-state index contributed by atoms with van der Waals surface area (Å²) in [5.74, 6) is 0. The van der Waals surface area contributed by atoms with Crippen molar-refractivity contribution in [2.24, 2.45) is 0 Å². The number of hydrogen-bond acceptors (Lipinski definition) is 2. The number of aromatic amines is 1.